The first kappa shape index (κ1) is 18.3. The lowest BCUT2D eigenvalue weighted by Gasteiger charge is -2.15. The lowest BCUT2D eigenvalue weighted by molar-refractivity contribution is 0.353. The Labute approximate surface area is 133 Å². The summed E-state index contributed by atoms with van der Waals surface area (Å²) in [5, 5.41) is 13.5. The molecule has 118 valence electrons. The van der Waals surface area contributed by atoms with E-state index in [9.17, 15) is 4.79 Å². The Hall–Kier alpha value is -0.780. The van der Waals surface area contributed by atoms with Crippen LogP contribution in [-0.2, 0) is 26.7 Å². The van der Waals surface area contributed by atoms with Gasteiger partial charge in [-0.1, -0.05) is 5.21 Å². The van der Waals surface area contributed by atoms with Gasteiger partial charge in [0.15, 0.2) is 0 Å². The molecule has 0 atom stereocenters. The molecule has 2 aromatic rings. The van der Waals surface area contributed by atoms with Gasteiger partial charge in [-0.05, 0) is 34.5 Å². The van der Waals surface area contributed by atoms with E-state index < -0.39 is 5.69 Å². The quantitative estimate of drug-likeness (QED) is 0.753. The summed E-state index contributed by atoms with van der Waals surface area (Å²) in [4.78, 5) is 11.2. The molecule has 0 aromatic carbocycles. The molecule has 2 heterocycles. The molecule has 0 aliphatic carbocycles. The Kier molecular flexibility index (Phi) is 8.07. The van der Waals surface area contributed by atoms with E-state index in [0.29, 0.717) is 5.19 Å². The topological polar surface area (TPSA) is 104 Å². The Morgan fingerprint density at radius 2 is 2.19 bits per heavy atom. The Bertz CT molecular complexity index is 590. The van der Waals surface area contributed by atoms with E-state index in [1.54, 1.807) is 12.4 Å². The van der Waals surface area contributed by atoms with Crippen molar-refractivity contribution >= 4 is 40.2 Å². The number of methoxy groups -OCH3 is 1. The van der Waals surface area contributed by atoms with Gasteiger partial charge in [0.2, 0.25) is 5.69 Å². The predicted molar refractivity (Wildman–Crippen MR) is 85.2 cm³/mol. The molecule has 0 fully saturated rings. The summed E-state index contributed by atoms with van der Waals surface area (Å²) in [6, 6.07) is 0. The van der Waals surface area contributed by atoms with Crippen molar-refractivity contribution in [2.24, 2.45) is 0 Å². The second kappa shape index (κ2) is 9.28. The highest BCUT2D eigenvalue weighted by Gasteiger charge is 2.17. The van der Waals surface area contributed by atoms with Gasteiger partial charge in [-0.3, -0.25) is 9.89 Å². The van der Waals surface area contributed by atoms with Gasteiger partial charge in [0.05, 0.1) is 13.3 Å². The summed E-state index contributed by atoms with van der Waals surface area (Å²) >= 11 is 7.33. The molecule has 0 amide bonds. The number of H-pyrrole nitrogens is 1. The molecular formula is C8H14N5O4PS3. The van der Waals surface area contributed by atoms with Gasteiger partial charge in [-0.2, -0.15) is 0 Å². The third-order valence-electron chi connectivity index (χ3n) is 1.88. The van der Waals surface area contributed by atoms with E-state index in [2.05, 4.69) is 20.5 Å². The Morgan fingerprint density at radius 3 is 2.57 bits per heavy atom. The van der Waals surface area contributed by atoms with Crippen LogP contribution in [0.25, 0.3) is 0 Å². The van der Waals surface area contributed by atoms with Crippen LogP contribution in [0, 0.1) is 0 Å². The van der Waals surface area contributed by atoms with Crippen LogP contribution in [0.4, 0.5) is 0 Å². The number of nitrogens with zero attached hydrogens (tertiary/aromatic N) is 4. The van der Waals surface area contributed by atoms with Crippen molar-refractivity contribution in [1.29, 1.82) is 0 Å². The maximum absolute atomic E-state index is 11.4. The van der Waals surface area contributed by atoms with E-state index in [-0.39, 0.29) is 10.7 Å². The van der Waals surface area contributed by atoms with Crippen molar-refractivity contribution in [3.63, 3.8) is 0 Å². The molecule has 13 heteroatoms. The van der Waals surface area contributed by atoms with Crippen molar-refractivity contribution in [2.45, 2.75) is 5.88 Å². The number of hydrogen-bond acceptors (Lipinski definition) is 10. The number of aromatic amines is 1. The SMILES string of the molecule is COc1nn(CSP(=S)(OC)OC)c(=O)s1.c1c[nH]nn1. The highest BCUT2D eigenvalue weighted by atomic mass is 32.9. The first-order valence-corrected chi connectivity index (χ1v) is 10.4. The van der Waals surface area contributed by atoms with Crippen LogP contribution in [0.2, 0.25) is 0 Å². The van der Waals surface area contributed by atoms with Crippen LogP contribution in [0.5, 0.6) is 5.19 Å². The summed E-state index contributed by atoms with van der Waals surface area (Å²) in [6.45, 7) is 0. The fourth-order valence-electron chi connectivity index (χ4n) is 0.923. The third-order valence-corrected chi connectivity index (χ3v) is 8.29. The molecule has 0 aliphatic heterocycles. The van der Waals surface area contributed by atoms with Gasteiger partial charge in [0, 0.05) is 20.4 Å². The zero-order valence-corrected chi connectivity index (χ0v) is 14.8. The van der Waals surface area contributed by atoms with E-state index in [1.165, 1.54) is 37.4 Å². The van der Waals surface area contributed by atoms with Gasteiger partial charge in [0.1, 0.15) is 5.88 Å². The molecule has 0 spiro atoms. The summed E-state index contributed by atoms with van der Waals surface area (Å²) in [5.41, 5.74) is -2.35. The van der Waals surface area contributed by atoms with Crippen molar-refractivity contribution < 1.29 is 13.8 Å². The molecule has 0 aliphatic rings. The molecule has 1 N–H and O–H groups in total. The molecule has 0 saturated carbocycles. The van der Waals surface area contributed by atoms with Crippen LogP contribution in [-0.4, -0.2) is 46.5 Å². The number of ether oxygens (including phenoxy) is 1. The van der Waals surface area contributed by atoms with Crippen molar-refractivity contribution in [3.05, 3.63) is 22.1 Å². The lowest BCUT2D eigenvalue weighted by Crippen LogP contribution is -2.12. The zero-order valence-electron chi connectivity index (χ0n) is 11.5. The average molecular weight is 371 g/mol. The second-order valence-electron chi connectivity index (χ2n) is 3.07. The number of rotatable bonds is 6. The largest absolute Gasteiger partial charge is 0.472 e. The first-order chi connectivity index (χ1) is 10.0. The number of nitrogens with one attached hydrogen (secondary N) is 1. The fourth-order valence-corrected chi connectivity index (χ4v) is 4.18. The van der Waals surface area contributed by atoms with Gasteiger partial charge in [-0.25, -0.2) is 4.68 Å². The van der Waals surface area contributed by atoms with Crippen LogP contribution in [0.15, 0.2) is 17.2 Å². The van der Waals surface area contributed by atoms with Crippen molar-refractivity contribution in [2.75, 3.05) is 21.3 Å². The molecule has 0 bridgehead atoms. The lowest BCUT2D eigenvalue weighted by atomic mass is 11.0. The van der Waals surface area contributed by atoms with Crippen molar-refractivity contribution in [1.82, 2.24) is 25.2 Å². The minimum atomic E-state index is -2.35. The Balaban J connectivity index is 0.000000369. The number of hydrogen-bond donors (Lipinski definition) is 1. The normalized spacial score (nSPS) is 10.8. The standard InChI is InChI=1S/C6H11N2O4PS3.C2H3N3/c1-10-5-7-8(6(9)16-5)4-15-13(14,11-2)12-3;1-2-4-5-3-1/h4H2,1-3H3;1-2H,(H,3,4,5). The van der Waals surface area contributed by atoms with E-state index in [4.69, 9.17) is 25.6 Å². The summed E-state index contributed by atoms with van der Waals surface area (Å²) in [7, 11) is 4.44. The smallest absolute Gasteiger partial charge is 0.329 e. The average Bonchev–Trinajstić information content (AvgIpc) is 3.18. The minimum Gasteiger partial charge on any atom is -0.472 e. The molecule has 0 radical (unpaired) electrons. The zero-order chi connectivity index (χ0) is 15.7. The minimum absolute atomic E-state index is 0.196. The molecule has 21 heavy (non-hydrogen) atoms. The van der Waals surface area contributed by atoms with Gasteiger partial charge >= 0.3 is 4.87 Å². The van der Waals surface area contributed by atoms with Crippen molar-refractivity contribution in [3.8, 4) is 5.19 Å². The van der Waals surface area contributed by atoms with E-state index in [0.717, 1.165) is 11.3 Å². The summed E-state index contributed by atoms with van der Waals surface area (Å²) < 4.78 is 16.3. The maximum Gasteiger partial charge on any atom is 0.329 e. The maximum atomic E-state index is 11.4. The molecule has 9 nitrogen and oxygen atoms in total. The molecule has 2 aromatic heterocycles. The first-order valence-electron chi connectivity index (χ1n) is 5.33. The summed E-state index contributed by atoms with van der Waals surface area (Å²) in [5.74, 6) is 0.289. The predicted octanol–water partition coefficient (Wildman–Crippen LogP) is 1.33. The highest BCUT2D eigenvalue weighted by molar-refractivity contribution is 8.67. The van der Waals surface area contributed by atoms with Crippen LogP contribution in [0.1, 0.15) is 0 Å². The van der Waals surface area contributed by atoms with Gasteiger partial charge < -0.3 is 13.8 Å². The van der Waals surface area contributed by atoms with E-state index >= 15 is 0 Å². The molecular weight excluding hydrogens is 357 g/mol. The number of aromatic nitrogens is 5. The third kappa shape index (κ3) is 6.24. The van der Waals surface area contributed by atoms with Crippen LogP contribution >= 0.6 is 28.4 Å². The monoisotopic (exact) mass is 371 g/mol. The summed E-state index contributed by atoms with van der Waals surface area (Å²) in [6.07, 6.45) is 3.24. The van der Waals surface area contributed by atoms with E-state index in [1.807, 2.05) is 0 Å². The molecule has 0 unspecified atom stereocenters. The van der Waals surface area contributed by atoms with Crippen LogP contribution in [0.3, 0.4) is 0 Å². The van der Waals surface area contributed by atoms with Gasteiger partial charge in [0.25, 0.3) is 5.19 Å². The second-order valence-corrected chi connectivity index (χ2v) is 10.5. The Morgan fingerprint density at radius 1 is 1.48 bits per heavy atom. The molecule has 0 saturated heterocycles. The van der Waals surface area contributed by atoms with Gasteiger partial charge in [-0.15, -0.1) is 10.2 Å². The highest BCUT2D eigenvalue weighted by Crippen LogP contribution is 2.60. The molecule has 2 rings (SSSR count). The van der Waals surface area contributed by atoms with Crippen LogP contribution < -0.4 is 9.61 Å². The fraction of sp³-hybridized carbons (Fsp3) is 0.500.